The van der Waals surface area contributed by atoms with Gasteiger partial charge in [0.2, 0.25) is 0 Å². The molecular weight excluding hydrogens is 524 g/mol. The Morgan fingerprint density at radius 1 is 0.861 bits per heavy atom. The summed E-state index contributed by atoms with van der Waals surface area (Å²) in [5.74, 6) is -5.25. The lowest BCUT2D eigenvalue weighted by molar-refractivity contribution is -0.174. The first-order valence-corrected chi connectivity index (χ1v) is 12.5. The molecule has 0 aliphatic heterocycles. The van der Waals surface area contributed by atoms with E-state index in [-0.39, 0.29) is 19.6 Å². The van der Waals surface area contributed by atoms with Gasteiger partial charge in [0, 0.05) is 16.8 Å². The first-order valence-electron chi connectivity index (χ1n) is 11.7. The highest BCUT2D eigenvalue weighted by Crippen LogP contribution is 2.47. The van der Waals surface area contributed by atoms with Crippen LogP contribution in [0.1, 0.15) is 36.0 Å². The zero-order valence-electron chi connectivity index (χ0n) is 19.8. The summed E-state index contributed by atoms with van der Waals surface area (Å²) in [6.07, 6.45) is -0.365. The van der Waals surface area contributed by atoms with Gasteiger partial charge in [-0.2, -0.15) is 0 Å². The highest BCUT2D eigenvalue weighted by atomic mass is 79.9. The van der Waals surface area contributed by atoms with Gasteiger partial charge < -0.3 is 14.6 Å². The number of carbonyl (C=O) groups excluding carboxylic acids is 3. The summed E-state index contributed by atoms with van der Waals surface area (Å²) < 4.78 is 11.9. The van der Waals surface area contributed by atoms with Crippen LogP contribution in [-0.4, -0.2) is 28.4 Å². The van der Waals surface area contributed by atoms with Crippen LogP contribution in [0.15, 0.2) is 89.4 Å². The van der Waals surface area contributed by atoms with E-state index in [1.807, 2.05) is 60.7 Å². The van der Waals surface area contributed by atoms with Gasteiger partial charge in [-0.05, 0) is 35.7 Å². The van der Waals surface area contributed by atoms with Crippen molar-refractivity contribution in [3.8, 4) is 0 Å². The molecular formula is C29H27BrO6. The number of carbonyl (C=O) groups is 3. The molecule has 36 heavy (non-hydrogen) atoms. The summed E-state index contributed by atoms with van der Waals surface area (Å²) in [5.41, 5.74) is 0.421. The minimum atomic E-state index is -1.71. The number of Topliss-reactive ketones (excluding diaryl/α,β-unsaturated/α-hetero) is 1. The molecule has 3 aromatic carbocycles. The van der Waals surface area contributed by atoms with Crippen molar-refractivity contribution >= 4 is 33.7 Å². The van der Waals surface area contributed by atoms with Gasteiger partial charge in [0.1, 0.15) is 19.1 Å². The third kappa shape index (κ3) is 5.91. The fourth-order valence-electron chi connectivity index (χ4n) is 4.74. The second kappa shape index (κ2) is 11.2. The number of ether oxygens (including phenoxy) is 2. The lowest BCUT2D eigenvalue weighted by atomic mass is 9.62. The minimum absolute atomic E-state index is 0.00394. The predicted molar refractivity (Wildman–Crippen MR) is 137 cm³/mol. The van der Waals surface area contributed by atoms with Crippen molar-refractivity contribution in [2.24, 2.45) is 11.8 Å². The van der Waals surface area contributed by atoms with Crippen LogP contribution in [0.4, 0.5) is 0 Å². The molecule has 0 radical (unpaired) electrons. The molecule has 4 rings (SSSR count). The normalized spacial score (nSPS) is 23.6. The molecule has 3 aromatic rings. The molecule has 186 valence electrons. The molecule has 0 amide bonds. The van der Waals surface area contributed by atoms with E-state index in [0.717, 1.165) is 15.6 Å². The van der Waals surface area contributed by atoms with E-state index in [1.165, 1.54) is 6.92 Å². The fraction of sp³-hybridized carbons (Fsp3) is 0.276. The maximum absolute atomic E-state index is 13.4. The van der Waals surface area contributed by atoms with Crippen LogP contribution >= 0.6 is 15.9 Å². The van der Waals surface area contributed by atoms with Gasteiger partial charge in [0.25, 0.3) is 0 Å². The Balaban J connectivity index is 1.66. The van der Waals surface area contributed by atoms with Gasteiger partial charge in [-0.25, -0.2) is 0 Å². The quantitative estimate of drug-likeness (QED) is 0.329. The highest BCUT2D eigenvalue weighted by molar-refractivity contribution is 9.10. The van der Waals surface area contributed by atoms with Crippen LogP contribution in [0.3, 0.4) is 0 Å². The van der Waals surface area contributed by atoms with Gasteiger partial charge in [-0.15, -0.1) is 0 Å². The van der Waals surface area contributed by atoms with E-state index in [4.69, 9.17) is 9.47 Å². The van der Waals surface area contributed by atoms with Crippen LogP contribution < -0.4 is 0 Å². The molecule has 1 aliphatic rings. The maximum Gasteiger partial charge on any atom is 0.317 e. The number of hydrogen-bond donors (Lipinski definition) is 1. The van der Waals surface area contributed by atoms with Gasteiger partial charge in [-0.3, -0.25) is 14.4 Å². The Bertz CT molecular complexity index is 1210. The number of hydrogen-bond acceptors (Lipinski definition) is 6. The number of rotatable bonds is 7. The highest BCUT2D eigenvalue weighted by Gasteiger charge is 2.57. The van der Waals surface area contributed by atoms with Crippen molar-refractivity contribution < 1.29 is 29.0 Å². The van der Waals surface area contributed by atoms with E-state index >= 15 is 0 Å². The van der Waals surface area contributed by atoms with E-state index < -0.39 is 41.1 Å². The van der Waals surface area contributed by atoms with Gasteiger partial charge >= 0.3 is 11.9 Å². The Labute approximate surface area is 218 Å². The van der Waals surface area contributed by atoms with E-state index in [1.54, 1.807) is 24.3 Å². The molecule has 1 N–H and O–H groups in total. The number of aliphatic hydroxyl groups is 1. The lowest BCUT2D eigenvalue weighted by Gasteiger charge is -2.43. The van der Waals surface area contributed by atoms with E-state index in [9.17, 15) is 19.5 Å². The standard InChI is InChI=1S/C29H27BrO6/c1-29(34)16-23(31)25(27(32)35-17-19-8-4-2-5-9-19)24(21-12-14-22(30)15-13-21)26(29)28(33)36-18-20-10-6-3-7-11-20/h2-15,24-26,34H,16-18H2,1H3. The average Bonchev–Trinajstić information content (AvgIpc) is 2.86. The number of ketones is 1. The van der Waals surface area contributed by atoms with Crippen molar-refractivity contribution in [1.29, 1.82) is 0 Å². The average molecular weight is 551 g/mol. The van der Waals surface area contributed by atoms with E-state index in [2.05, 4.69) is 15.9 Å². The molecule has 0 spiro atoms. The molecule has 4 unspecified atom stereocenters. The van der Waals surface area contributed by atoms with Crippen LogP contribution in [0.25, 0.3) is 0 Å². The Morgan fingerprint density at radius 3 is 1.89 bits per heavy atom. The summed E-state index contributed by atoms with van der Waals surface area (Å²) in [4.78, 5) is 40.0. The summed E-state index contributed by atoms with van der Waals surface area (Å²) in [6, 6.07) is 25.3. The lowest BCUT2D eigenvalue weighted by Crippen LogP contribution is -2.55. The second-order valence-electron chi connectivity index (χ2n) is 9.22. The summed E-state index contributed by atoms with van der Waals surface area (Å²) in [6.45, 7) is 1.45. The van der Waals surface area contributed by atoms with Gasteiger partial charge in [0.05, 0.1) is 11.5 Å². The van der Waals surface area contributed by atoms with Crippen LogP contribution in [0.5, 0.6) is 0 Å². The summed E-state index contributed by atoms with van der Waals surface area (Å²) in [5, 5.41) is 11.3. The van der Waals surface area contributed by atoms with Crippen molar-refractivity contribution in [3.05, 3.63) is 106 Å². The van der Waals surface area contributed by atoms with Crippen LogP contribution in [0.2, 0.25) is 0 Å². The zero-order chi connectivity index (χ0) is 25.7. The Kier molecular flexibility index (Phi) is 8.01. The van der Waals surface area contributed by atoms with E-state index in [0.29, 0.717) is 5.56 Å². The van der Waals surface area contributed by atoms with Crippen LogP contribution in [0, 0.1) is 11.8 Å². The summed E-state index contributed by atoms with van der Waals surface area (Å²) >= 11 is 3.39. The van der Waals surface area contributed by atoms with Crippen molar-refractivity contribution in [2.75, 3.05) is 0 Å². The minimum Gasteiger partial charge on any atom is -0.461 e. The number of halogens is 1. The molecule has 0 heterocycles. The first kappa shape index (κ1) is 25.8. The SMILES string of the molecule is CC1(O)CC(=O)C(C(=O)OCc2ccccc2)C(c2ccc(Br)cc2)C1C(=O)OCc1ccccc1. The topological polar surface area (TPSA) is 89.9 Å². The molecule has 0 aromatic heterocycles. The smallest absolute Gasteiger partial charge is 0.317 e. The third-order valence-electron chi connectivity index (χ3n) is 6.48. The summed E-state index contributed by atoms with van der Waals surface area (Å²) in [7, 11) is 0. The predicted octanol–water partition coefficient (Wildman–Crippen LogP) is 4.98. The Hall–Kier alpha value is -3.29. The van der Waals surface area contributed by atoms with Crippen molar-refractivity contribution in [2.45, 2.75) is 38.1 Å². The molecule has 1 aliphatic carbocycles. The molecule has 0 saturated heterocycles. The second-order valence-corrected chi connectivity index (χ2v) is 10.1. The number of benzene rings is 3. The fourth-order valence-corrected chi connectivity index (χ4v) is 5.00. The van der Waals surface area contributed by atoms with Gasteiger partial charge in [0.15, 0.2) is 5.78 Å². The molecule has 7 heteroatoms. The van der Waals surface area contributed by atoms with Gasteiger partial charge in [-0.1, -0.05) is 88.7 Å². The molecule has 4 atom stereocenters. The zero-order valence-corrected chi connectivity index (χ0v) is 21.4. The molecule has 6 nitrogen and oxygen atoms in total. The Morgan fingerprint density at radius 2 is 1.36 bits per heavy atom. The van der Waals surface area contributed by atoms with Crippen molar-refractivity contribution in [1.82, 2.24) is 0 Å². The third-order valence-corrected chi connectivity index (χ3v) is 7.01. The first-order chi connectivity index (χ1) is 17.3. The molecule has 1 saturated carbocycles. The monoisotopic (exact) mass is 550 g/mol. The largest absolute Gasteiger partial charge is 0.461 e. The van der Waals surface area contributed by atoms with Crippen molar-refractivity contribution in [3.63, 3.8) is 0 Å². The number of esters is 2. The maximum atomic E-state index is 13.4. The molecule has 0 bridgehead atoms. The van der Waals surface area contributed by atoms with Crippen LogP contribution in [-0.2, 0) is 37.1 Å². The molecule has 1 fully saturated rings.